The second-order valence-electron chi connectivity index (χ2n) is 10.3. The molecule has 4 heterocycles. The van der Waals surface area contributed by atoms with Crippen molar-refractivity contribution in [2.75, 3.05) is 26.1 Å². The van der Waals surface area contributed by atoms with Crippen LogP contribution in [0.2, 0.25) is 0 Å². The number of amides is 1. The average molecular weight is 592 g/mol. The fourth-order valence-corrected chi connectivity index (χ4v) is 6.53. The molecule has 13 heteroatoms. The predicted molar refractivity (Wildman–Crippen MR) is 156 cm³/mol. The molecule has 2 aliphatic rings. The minimum atomic E-state index is -1.54. The zero-order valence-corrected chi connectivity index (χ0v) is 23.6. The van der Waals surface area contributed by atoms with Gasteiger partial charge >= 0.3 is 0 Å². The Bertz CT molecular complexity index is 1710. The number of fused-ring (bicyclic) bond motifs is 2. The lowest BCUT2D eigenvalue weighted by Gasteiger charge is -2.34. The minimum Gasteiger partial charge on any atom is -0.482 e. The zero-order chi connectivity index (χ0) is 29.5. The molecule has 0 saturated heterocycles. The number of likely N-dealkylation sites (N-methyl/N-ethyl adjacent to an activating group) is 1. The molecule has 1 aliphatic heterocycles. The molecule has 10 nitrogen and oxygen atoms in total. The van der Waals surface area contributed by atoms with E-state index in [4.69, 9.17) is 14.9 Å². The van der Waals surface area contributed by atoms with E-state index in [-0.39, 0.29) is 23.2 Å². The van der Waals surface area contributed by atoms with Crippen LogP contribution >= 0.6 is 11.8 Å². The van der Waals surface area contributed by atoms with Crippen molar-refractivity contribution in [1.82, 2.24) is 19.9 Å². The number of aromatic nitrogens is 3. The number of nitrogens with zero attached hydrogens (tertiary/aromatic N) is 5. The lowest BCUT2D eigenvalue weighted by molar-refractivity contribution is -0.123. The molecule has 1 aromatic carbocycles. The second-order valence-corrected chi connectivity index (χ2v) is 11.7. The number of oxazole rings is 1. The third-order valence-electron chi connectivity index (χ3n) is 7.40. The number of thioether (sulfide) groups is 1. The number of pyridine rings is 2. The molecule has 0 bridgehead atoms. The topological polar surface area (TPSA) is 132 Å². The van der Waals surface area contributed by atoms with Crippen molar-refractivity contribution in [1.29, 1.82) is 0 Å². The van der Waals surface area contributed by atoms with Gasteiger partial charge in [0, 0.05) is 53.7 Å². The molecule has 1 saturated carbocycles. The van der Waals surface area contributed by atoms with Gasteiger partial charge in [0.2, 0.25) is 11.8 Å². The Kier molecular flexibility index (Phi) is 7.05. The summed E-state index contributed by atoms with van der Waals surface area (Å²) < 4.78 is 40.7. The molecule has 42 heavy (non-hydrogen) atoms. The highest BCUT2D eigenvalue weighted by Gasteiger charge is 2.67. The Balaban J connectivity index is 1.29. The highest BCUT2D eigenvalue weighted by Crippen LogP contribution is 2.67. The van der Waals surface area contributed by atoms with Gasteiger partial charge in [-0.3, -0.25) is 4.79 Å². The Labute approximate surface area is 244 Å². The summed E-state index contributed by atoms with van der Waals surface area (Å²) in [7, 11) is 3.29. The van der Waals surface area contributed by atoms with Crippen LogP contribution in [-0.4, -0.2) is 56.4 Å². The van der Waals surface area contributed by atoms with Crippen LogP contribution in [0.4, 0.5) is 20.3 Å². The van der Waals surface area contributed by atoms with E-state index < -0.39 is 28.7 Å². The summed E-state index contributed by atoms with van der Waals surface area (Å²) in [4.78, 5) is 31.1. The Morgan fingerprint density at radius 2 is 2.12 bits per heavy atom. The molecule has 0 radical (unpaired) electrons. The SMILES string of the molecule is CN(C)C(=O)/C=C/[C@]12CC1[C@@](CF)(c1cc(Nc3nccc4cc(OCc5ncco5)cnc34)ccc1F)N=C(N)S2. The molecule has 4 aromatic rings. The highest BCUT2D eigenvalue weighted by atomic mass is 32.2. The largest absolute Gasteiger partial charge is 0.482 e. The van der Waals surface area contributed by atoms with Gasteiger partial charge in [-0.25, -0.2) is 28.7 Å². The van der Waals surface area contributed by atoms with Crippen molar-refractivity contribution in [2.45, 2.75) is 23.3 Å². The van der Waals surface area contributed by atoms with E-state index >= 15 is 8.78 Å². The summed E-state index contributed by atoms with van der Waals surface area (Å²) in [5, 5.41) is 4.09. The Morgan fingerprint density at radius 1 is 1.26 bits per heavy atom. The maximum atomic E-state index is 15.4. The summed E-state index contributed by atoms with van der Waals surface area (Å²) >= 11 is 1.27. The summed E-state index contributed by atoms with van der Waals surface area (Å²) in [6.45, 7) is -0.804. The molecule has 3 atom stereocenters. The van der Waals surface area contributed by atoms with Crippen LogP contribution in [0.5, 0.6) is 5.75 Å². The number of aliphatic imine (C=N–C) groups is 1. The van der Waals surface area contributed by atoms with Gasteiger partial charge in [-0.2, -0.15) is 0 Å². The van der Waals surface area contributed by atoms with Crippen molar-refractivity contribution in [2.24, 2.45) is 16.6 Å². The van der Waals surface area contributed by atoms with Gasteiger partial charge in [0.25, 0.3) is 0 Å². The quantitative estimate of drug-likeness (QED) is 0.266. The van der Waals surface area contributed by atoms with Crippen LogP contribution in [-0.2, 0) is 16.9 Å². The molecule has 3 aromatic heterocycles. The lowest BCUT2D eigenvalue weighted by atomic mass is 9.84. The molecule has 0 spiro atoms. The van der Waals surface area contributed by atoms with Crippen molar-refractivity contribution < 1.29 is 22.7 Å². The van der Waals surface area contributed by atoms with E-state index in [9.17, 15) is 4.79 Å². The molecule has 1 fully saturated rings. The smallest absolute Gasteiger partial charge is 0.245 e. The zero-order valence-electron chi connectivity index (χ0n) is 22.8. The predicted octanol–water partition coefficient (Wildman–Crippen LogP) is 4.71. The number of nitrogens with one attached hydrogen (secondary N) is 1. The van der Waals surface area contributed by atoms with E-state index in [0.717, 1.165) is 5.39 Å². The van der Waals surface area contributed by atoms with Crippen LogP contribution < -0.4 is 15.8 Å². The fraction of sp³-hybridized carbons (Fsp3) is 0.276. The second kappa shape index (κ2) is 10.7. The molecule has 1 aliphatic carbocycles. The van der Waals surface area contributed by atoms with E-state index in [0.29, 0.717) is 35.1 Å². The van der Waals surface area contributed by atoms with Crippen LogP contribution in [0.15, 0.2) is 76.7 Å². The van der Waals surface area contributed by atoms with Crippen molar-refractivity contribution in [3.63, 3.8) is 0 Å². The van der Waals surface area contributed by atoms with Crippen LogP contribution in [0.25, 0.3) is 10.9 Å². The van der Waals surface area contributed by atoms with Gasteiger partial charge in [-0.05, 0) is 36.8 Å². The monoisotopic (exact) mass is 591 g/mol. The van der Waals surface area contributed by atoms with Gasteiger partial charge in [-0.15, -0.1) is 0 Å². The summed E-state index contributed by atoms with van der Waals surface area (Å²) in [5.74, 6) is 0.181. The molecular weight excluding hydrogens is 564 g/mol. The number of ether oxygens (including phenoxy) is 1. The lowest BCUT2D eigenvalue weighted by Crippen LogP contribution is -2.39. The van der Waals surface area contributed by atoms with Gasteiger partial charge in [-0.1, -0.05) is 17.8 Å². The van der Waals surface area contributed by atoms with E-state index in [1.807, 2.05) is 6.07 Å². The number of halogens is 2. The minimum absolute atomic E-state index is 0.0767. The highest BCUT2D eigenvalue weighted by molar-refractivity contribution is 8.15. The number of rotatable bonds is 9. The number of carbonyl (C=O) groups excluding carboxylic acids is 1. The standard InChI is InChI=1S/C29H27F2N7O3S/c1-38(2)24(39)5-7-28-13-22(28)29(16-30,37-27(32)42-28)20-12-18(3-4-21(20)31)36-26-25-17(6-8-34-26)11-19(14-35-25)41-15-23-33-9-10-40-23/h3-12,14,22H,13,15-16H2,1-2H3,(H2,32,37)(H,34,36)/b7-5+/t22?,28-,29+/m0/s1. The van der Waals surface area contributed by atoms with E-state index in [1.165, 1.54) is 41.1 Å². The Hall–Kier alpha value is -4.52. The van der Waals surface area contributed by atoms with Crippen LogP contribution in [0, 0.1) is 11.7 Å². The van der Waals surface area contributed by atoms with Crippen molar-refractivity contribution in [3.8, 4) is 5.75 Å². The number of carbonyl (C=O) groups is 1. The maximum Gasteiger partial charge on any atom is 0.245 e. The molecule has 3 N–H and O–H groups in total. The first-order valence-electron chi connectivity index (χ1n) is 13.1. The average Bonchev–Trinajstić information content (AvgIpc) is 3.46. The maximum absolute atomic E-state index is 15.4. The number of nitrogens with two attached hydrogens (primary N) is 1. The fourth-order valence-electron chi connectivity index (χ4n) is 5.21. The first-order valence-corrected chi connectivity index (χ1v) is 13.9. The number of anilines is 2. The van der Waals surface area contributed by atoms with Gasteiger partial charge in [0.05, 0.1) is 12.4 Å². The van der Waals surface area contributed by atoms with Crippen molar-refractivity contribution in [3.05, 3.63) is 84.6 Å². The molecule has 1 amide bonds. The van der Waals surface area contributed by atoms with Gasteiger partial charge in [0.1, 0.15) is 35.6 Å². The number of amidine groups is 1. The third kappa shape index (κ3) is 5.04. The van der Waals surface area contributed by atoms with Gasteiger partial charge < -0.3 is 25.1 Å². The van der Waals surface area contributed by atoms with Gasteiger partial charge in [0.15, 0.2) is 17.6 Å². The number of benzene rings is 1. The third-order valence-corrected chi connectivity index (χ3v) is 8.67. The molecule has 6 rings (SSSR count). The molecule has 1 unspecified atom stereocenters. The Morgan fingerprint density at radius 3 is 2.88 bits per heavy atom. The normalized spacial score (nSPS) is 23.0. The summed E-state index contributed by atoms with van der Waals surface area (Å²) in [5.41, 5.74) is 5.74. The summed E-state index contributed by atoms with van der Waals surface area (Å²) in [6, 6.07) is 7.95. The molecular formula is C29H27F2N7O3S. The van der Waals surface area contributed by atoms with E-state index in [2.05, 4.69) is 25.3 Å². The summed E-state index contributed by atoms with van der Waals surface area (Å²) in [6.07, 6.45) is 9.87. The van der Waals surface area contributed by atoms with Crippen LogP contribution in [0.3, 0.4) is 0 Å². The molecule has 216 valence electrons. The number of alkyl halides is 1. The first-order chi connectivity index (χ1) is 20.2. The number of hydrogen-bond acceptors (Lipinski definition) is 10. The van der Waals surface area contributed by atoms with Crippen LogP contribution in [0.1, 0.15) is 17.9 Å². The van der Waals surface area contributed by atoms with E-state index in [1.54, 1.807) is 50.9 Å². The number of hydrogen-bond donors (Lipinski definition) is 2. The van der Waals surface area contributed by atoms with Crippen molar-refractivity contribution >= 4 is 45.2 Å². The first kappa shape index (κ1) is 27.6.